The first-order valence-corrected chi connectivity index (χ1v) is 7.21. The van der Waals surface area contributed by atoms with E-state index in [0.717, 1.165) is 0 Å². The minimum Gasteiger partial charge on any atom is -0.507 e. The first-order chi connectivity index (χ1) is 10.6. The van der Waals surface area contributed by atoms with Crippen molar-refractivity contribution in [3.05, 3.63) is 64.7 Å². The number of benzene rings is 2. The Kier molecular flexibility index (Phi) is 4.94. The van der Waals surface area contributed by atoms with Crippen molar-refractivity contribution in [3.8, 4) is 5.75 Å². The lowest BCUT2D eigenvalue weighted by molar-refractivity contribution is 0.0523. The molecular formula is C18H18O4. The number of esters is 1. The van der Waals surface area contributed by atoms with Crippen LogP contribution in [0.2, 0.25) is 0 Å². The van der Waals surface area contributed by atoms with Crippen LogP contribution in [0, 0.1) is 0 Å². The van der Waals surface area contributed by atoms with Gasteiger partial charge < -0.3 is 9.84 Å². The molecule has 0 heterocycles. The molecule has 0 spiro atoms. The summed E-state index contributed by atoms with van der Waals surface area (Å²) >= 11 is 0. The Bertz CT molecular complexity index is 690. The Morgan fingerprint density at radius 3 is 2.32 bits per heavy atom. The van der Waals surface area contributed by atoms with Gasteiger partial charge in [0.2, 0.25) is 0 Å². The van der Waals surface area contributed by atoms with Crippen LogP contribution in [0.25, 0.3) is 0 Å². The highest BCUT2D eigenvalue weighted by molar-refractivity contribution is 6.16. The quantitative estimate of drug-likeness (QED) is 0.679. The second-order valence-electron chi connectivity index (χ2n) is 4.77. The summed E-state index contributed by atoms with van der Waals surface area (Å²) in [4.78, 5) is 24.8. The van der Waals surface area contributed by atoms with Gasteiger partial charge >= 0.3 is 5.97 Å². The molecule has 0 saturated heterocycles. The Labute approximate surface area is 129 Å². The molecule has 0 amide bonds. The van der Waals surface area contributed by atoms with Crippen molar-refractivity contribution < 1.29 is 19.4 Å². The lowest BCUT2D eigenvalue weighted by Gasteiger charge is -2.13. The van der Waals surface area contributed by atoms with Crippen LogP contribution in [0.4, 0.5) is 0 Å². The number of rotatable bonds is 5. The van der Waals surface area contributed by atoms with Gasteiger partial charge in [-0.1, -0.05) is 43.3 Å². The number of carbonyl (C=O) groups is 2. The zero-order chi connectivity index (χ0) is 16.1. The van der Waals surface area contributed by atoms with Crippen LogP contribution in [0.3, 0.4) is 0 Å². The summed E-state index contributed by atoms with van der Waals surface area (Å²) in [5.41, 5.74) is 1.12. The normalized spacial score (nSPS) is 10.3. The minimum atomic E-state index is -0.611. The van der Waals surface area contributed by atoms with E-state index < -0.39 is 11.8 Å². The van der Waals surface area contributed by atoms with Gasteiger partial charge in [-0.25, -0.2) is 4.79 Å². The molecule has 4 nitrogen and oxygen atoms in total. The summed E-state index contributed by atoms with van der Waals surface area (Å²) in [6.45, 7) is 3.76. The van der Waals surface area contributed by atoms with E-state index in [1.807, 2.05) is 6.92 Å². The summed E-state index contributed by atoms with van der Waals surface area (Å²) in [5, 5.41) is 10.4. The number of hydrogen-bond acceptors (Lipinski definition) is 4. The van der Waals surface area contributed by atoms with E-state index in [1.54, 1.807) is 43.3 Å². The van der Waals surface area contributed by atoms with Crippen molar-refractivity contribution >= 4 is 11.8 Å². The maximum absolute atomic E-state index is 12.7. The summed E-state index contributed by atoms with van der Waals surface area (Å²) in [6, 6.07) is 11.7. The second-order valence-corrected chi connectivity index (χ2v) is 4.77. The number of aryl methyl sites for hydroxylation is 1. The number of phenolic OH excluding ortho intramolecular Hbond substituents is 1. The maximum Gasteiger partial charge on any atom is 0.339 e. The Hall–Kier alpha value is -2.62. The first-order valence-electron chi connectivity index (χ1n) is 7.21. The average Bonchev–Trinajstić information content (AvgIpc) is 2.55. The van der Waals surface area contributed by atoms with Crippen LogP contribution in [0.1, 0.15) is 45.7 Å². The number of ether oxygens (including phenoxy) is 1. The van der Waals surface area contributed by atoms with Crippen LogP contribution in [0.15, 0.2) is 42.5 Å². The molecule has 0 aromatic heterocycles. The van der Waals surface area contributed by atoms with Gasteiger partial charge in [-0.05, 0) is 25.0 Å². The molecule has 0 aliphatic carbocycles. The highest BCUT2D eigenvalue weighted by Crippen LogP contribution is 2.29. The molecule has 114 valence electrons. The van der Waals surface area contributed by atoms with Crippen molar-refractivity contribution in [1.82, 2.24) is 0 Å². The molecule has 0 fully saturated rings. The maximum atomic E-state index is 12.7. The number of hydrogen-bond donors (Lipinski definition) is 1. The minimum absolute atomic E-state index is 0.00370. The molecule has 0 unspecified atom stereocenters. The Morgan fingerprint density at radius 1 is 1.05 bits per heavy atom. The molecule has 2 aromatic rings. The van der Waals surface area contributed by atoms with E-state index in [2.05, 4.69) is 0 Å². The van der Waals surface area contributed by atoms with Gasteiger partial charge in [0.15, 0.2) is 5.78 Å². The number of aromatic hydroxyl groups is 1. The zero-order valence-electron chi connectivity index (χ0n) is 12.6. The number of carbonyl (C=O) groups excluding carboxylic acids is 2. The van der Waals surface area contributed by atoms with Crippen molar-refractivity contribution in [2.75, 3.05) is 6.61 Å². The van der Waals surface area contributed by atoms with Gasteiger partial charge in [0.05, 0.1) is 17.7 Å². The van der Waals surface area contributed by atoms with Crippen molar-refractivity contribution in [1.29, 1.82) is 0 Å². The highest BCUT2D eigenvalue weighted by Gasteiger charge is 2.24. The number of ketones is 1. The van der Waals surface area contributed by atoms with Crippen LogP contribution < -0.4 is 0 Å². The van der Waals surface area contributed by atoms with E-state index >= 15 is 0 Å². The molecule has 0 atom stereocenters. The van der Waals surface area contributed by atoms with Gasteiger partial charge in [-0.2, -0.15) is 0 Å². The predicted molar refractivity (Wildman–Crippen MR) is 83.3 cm³/mol. The average molecular weight is 298 g/mol. The topological polar surface area (TPSA) is 63.6 Å². The summed E-state index contributed by atoms with van der Waals surface area (Å²) in [7, 11) is 0. The van der Waals surface area contributed by atoms with E-state index in [9.17, 15) is 14.7 Å². The molecule has 0 aliphatic heterocycles. The van der Waals surface area contributed by atoms with Gasteiger partial charge in [0.25, 0.3) is 0 Å². The largest absolute Gasteiger partial charge is 0.507 e. The van der Waals surface area contributed by atoms with Crippen LogP contribution in [-0.4, -0.2) is 23.5 Å². The van der Waals surface area contributed by atoms with E-state index in [4.69, 9.17) is 4.74 Å². The molecule has 0 saturated carbocycles. The van der Waals surface area contributed by atoms with Gasteiger partial charge in [-0.15, -0.1) is 0 Å². The fourth-order valence-corrected chi connectivity index (χ4v) is 2.26. The van der Waals surface area contributed by atoms with Crippen LogP contribution in [0.5, 0.6) is 5.75 Å². The lowest BCUT2D eigenvalue weighted by Crippen LogP contribution is -2.14. The molecule has 0 radical (unpaired) electrons. The van der Waals surface area contributed by atoms with E-state index in [1.165, 1.54) is 6.07 Å². The van der Waals surface area contributed by atoms with Gasteiger partial charge in [-0.3, -0.25) is 4.79 Å². The molecule has 22 heavy (non-hydrogen) atoms. The standard InChI is InChI=1S/C18H18O4/c1-3-12-10-11-14(18(21)22-4-2)15(16(12)19)17(20)13-8-6-5-7-9-13/h5-11,19H,3-4H2,1-2H3. The third kappa shape index (κ3) is 3.01. The molecule has 2 rings (SSSR count). The molecule has 0 bridgehead atoms. The fourth-order valence-electron chi connectivity index (χ4n) is 2.26. The van der Waals surface area contributed by atoms with Crippen LogP contribution in [-0.2, 0) is 11.2 Å². The first kappa shape index (κ1) is 15.8. The van der Waals surface area contributed by atoms with Gasteiger partial charge in [0, 0.05) is 5.56 Å². The predicted octanol–water partition coefficient (Wildman–Crippen LogP) is 3.36. The van der Waals surface area contributed by atoms with Crippen molar-refractivity contribution in [2.24, 2.45) is 0 Å². The fraction of sp³-hybridized carbons (Fsp3) is 0.222. The Morgan fingerprint density at radius 2 is 1.73 bits per heavy atom. The van der Waals surface area contributed by atoms with Gasteiger partial charge in [0.1, 0.15) is 5.75 Å². The third-order valence-corrected chi connectivity index (χ3v) is 3.40. The summed E-state index contributed by atoms with van der Waals surface area (Å²) in [6.07, 6.45) is 0.560. The molecule has 1 N–H and O–H groups in total. The van der Waals surface area contributed by atoms with E-state index in [0.29, 0.717) is 17.5 Å². The zero-order valence-corrected chi connectivity index (χ0v) is 12.6. The number of phenols is 1. The summed E-state index contributed by atoms with van der Waals surface area (Å²) < 4.78 is 4.98. The molecule has 4 heteroatoms. The van der Waals surface area contributed by atoms with Crippen molar-refractivity contribution in [2.45, 2.75) is 20.3 Å². The molecule has 2 aromatic carbocycles. The lowest BCUT2D eigenvalue weighted by atomic mass is 9.94. The van der Waals surface area contributed by atoms with Crippen molar-refractivity contribution in [3.63, 3.8) is 0 Å². The monoisotopic (exact) mass is 298 g/mol. The van der Waals surface area contributed by atoms with E-state index in [-0.39, 0.29) is 23.5 Å². The molecule has 0 aliphatic rings. The molecular weight excluding hydrogens is 280 g/mol. The summed E-state index contributed by atoms with van der Waals surface area (Å²) in [5.74, 6) is -1.15. The second kappa shape index (κ2) is 6.89. The smallest absolute Gasteiger partial charge is 0.339 e. The highest BCUT2D eigenvalue weighted by atomic mass is 16.5. The SMILES string of the molecule is CCOC(=O)c1ccc(CC)c(O)c1C(=O)c1ccccc1. The third-order valence-electron chi connectivity index (χ3n) is 3.40. The van der Waals surface area contributed by atoms with Crippen LogP contribution >= 0.6 is 0 Å². The Balaban J connectivity index is 2.60.